The molecule has 1 aromatic carbocycles. The Morgan fingerprint density at radius 1 is 1.16 bits per heavy atom. The van der Waals surface area contributed by atoms with Crippen LogP contribution < -0.4 is 0 Å². The standard InChI is InChI=1S/C18H15BrN4O2/c1-3-18-11(2)17(10-22,15(23)25-18)16(8-20,9-21)14(24-18)12-4-6-13(19)7-5-12/h4-7,11,14,23H,3H2,1-2H3/t11-,14+,17+,18+/m0/s1. The number of hydrogen-bond acceptors (Lipinski definition) is 6. The van der Waals surface area contributed by atoms with Gasteiger partial charge in [-0.15, -0.1) is 0 Å². The van der Waals surface area contributed by atoms with Crippen molar-refractivity contribution in [3.8, 4) is 18.2 Å². The molecule has 1 aromatic rings. The quantitative estimate of drug-likeness (QED) is 0.812. The second-order valence-electron chi connectivity index (χ2n) is 6.32. The highest BCUT2D eigenvalue weighted by molar-refractivity contribution is 9.10. The molecule has 0 spiro atoms. The number of nitrogens with zero attached hydrogens (tertiary/aromatic N) is 3. The molecule has 0 radical (unpaired) electrons. The number of ether oxygens (including phenoxy) is 2. The van der Waals surface area contributed by atoms with E-state index in [1.165, 1.54) is 0 Å². The minimum Gasteiger partial charge on any atom is -0.447 e. The fourth-order valence-electron chi connectivity index (χ4n) is 3.98. The van der Waals surface area contributed by atoms with Gasteiger partial charge < -0.3 is 9.47 Å². The Balaban J connectivity index is 2.32. The van der Waals surface area contributed by atoms with E-state index in [2.05, 4.69) is 22.0 Å². The van der Waals surface area contributed by atoms with Crippen LogP contribution in [0.25, 0.3) is 0 Å². The zero-order valence-corrected chi connectivity index (χ0v) is 15.3. The third-order valence-corrected chi connectivity index (χ3v) is 6.00. The van der Waals surface area contributed by atoms with Crippen LogP contribution in [0.1, 0.15) is 31.9 Å². The second kappa shape index (κ2) is 5.56. The summed E-state index contributed by atoms with van der Waals surface area (Å²) in [4.78, 5) is 0. The third kappa shape index (κ3) is 1.87. The Kier molecular flexibility index (Phi) is 3.88. The molecule has 2 heterocycles. The Hall–Kier alpha value is -2.40. The molecule has 0 amide bonds. The fraction of sp³-hybridized carbons (Fsp3) is 0.444. The summed E-state index contributed by atoms with van der Waals surface area (Å²) in [5.74, 6) is -2.21. The van der Waals surface area contributed by atoms with E-state index in [4.69, 9.17) is 14.9 Å². The van der Waals surface area contributed by atoms with Crippen molar-refractivity contribution in [2.24, 2.45) is 16.7 Å². The topological polar surface area (TPSA) is 114 Å². The molecular formula is C18H15BrN4O2. The van der Waals surface area contributed by atoms with Crippen LogP contribution in [0.15, 0.2) is 28.7 Å². The number of nitriles is 3. The highest BCUT2D eigenvalue weighted by atomic mass is 79.9. The molecule has 0 aliphatic carbocycles. The molecule has 2 bridgehead atoms. The van der Waals surface area contributed by atoms with Gasteiger partial charge in [-0.25, -0.2) is 0 Å². The summed E-state index contributed by atoms with van der Waals surface area (Å²) in [6.45, 7) is 3.54. The normalized spacial score (nSPS) is 35.1. The predicted molar refractivity (Wildman–Crippen MR) is 90.7 cm³/mol. The maximum atomic E-state index is 9.99. The van der Waals surface area contributed by atoms with Gasteiger partial charge in [-0.2, -0.15) is 15.8 Å². The maximum absolute atomic E-state index is 9.99. The van der Waals surface area contributed by atoms with Crippen molar-refractivity contribution in [2.75, 3.05) is 0 Å². The van der Waals surface area contributed by atoms with E-state index < -0.39 is 28.6 Å². The van der Waals surface area contributed by atoms with Crippen molar-refractivity contribution in [3.05, 3.63) is 34.3 Å². The second-order valence-corrected chi connectivity index (χ2v) is 7.23. The first-order valence-electron chi connectivity index (χ1n) is 7.82. The summed E-state index contributed by atoms with van der Waals surface area (Å²) in [6.07, 6.45) is -0.616. The molecule has 4 atom stereocenters. The first-order valence-corrected chi connectivity index (χ1v) is 8.61. The highest BCUT2D eigenvalue weighted by Gasteiger charge is 2.78. The summed E-state index contributed by atoms with van der Waals surface area (Å²) >= 11 is 3.35. The lowest BCUT2D eigenvalue weighted by atomic mass is 9.53. The molecule has 2 fully saturated rings. The van der Waals surface area contributed by atoms with Crippen LogP contribution in [0, 0.1) is 56.2 Å². The lowest BCUT2D eigenvalue weighted by Crippen LogP contribution is -2.58. The molecule has 0 aromatic heterocycles. The zero-order chi connectivity index (χ0) is 18.5. The Morgan fingerprint density at radius 2 is 1.76 bits per heavy atom. The first kappa shape index (κ1) is 17.4. The molecule has 25 heavy (non-hydrogen) atoms. The molecule has 1 N–H and O–H groups in total. The van der Waals surface area contributed by atoms with Crippen molar-refractivity contribution < 1.29 is 9.47 Å². The van der Waals surface area contributed by atoms with Gasteiger partial charge in [0.25, 0.3) is 0 Å². The largest absolute Gasteiger partial charge is 0.447 e. The van der Waals surface area contributed by atoms with E-state index in [1.54, 1.807) is 31.2 Å². The van der Waals surface area contributed by atoms with Gasteiger partial charge in [0.15, 0.2) is 5.41 Å². The van der Waals surface area contributed by atoms with Crippen LogP contribution in [-0.4, -0.2) is 11.7 Å². The molecule has 6 nitrogen and oxygen atoms in total. The monoisotopic (exact) mass is 398 g/mol. The number of fused-ring (bicyclic) bond motifs is 2. The summed E-state index contributed by atoms with van der Waals surface area (Å²) < 4.78 is 12.7. The number of hydrogen-bond donors (Lipinski definition) is 1. The minimum absolute atomic E-state index is 0.368. The number of rotatable bonds is 2. The highest BCUT2D eigenvalue weighted by Crippen LogP contribution is 2.66. The molecule has 2 saturated heterocycles. The van der Waals surface area contributed by atoms with Gasteiger partial charge in [-0.1, -0.05) is 41.9 Å². The summed E-state index contributed by atoms with van der Waals surface area (Å²) in [7, 11) is 0. The van der Waals surface area contributed by atoms with E-state index in [-0.39, 0.29) is 5.90 Å². The van der Waals surface area contributed by atoms with Crippen molar-refractivity contribution in [1.82, 2.24) is 0 Å². The molecule has 126 valence electrons. The zero-order valence-electron chi connectivity index (χ0n) is 13.7. The average molecular weight is 399 g/mol. The van der Waals surface area contributed by atoms with Gasteiger partial charge in [0.2, 0.25) is 17.1 Å². The van der Waals surface area contributed by atoms with E-state index in [9.17, 15) is 15.8 Å². The molecule has 0 saturated carbocycles. The van der Waals surface area contributed by atoms with Gasteiger partial charge in [-0.3, -0.25) is 5.41 Å². The predicted octanol–water partition coefficient (Wildman–Crippen LogP) is 3.81. The van der Waals surface area contributed by atoms with Gasteiger partial charge in [0.05, 0.1) is 24.1 Å². The number of nitrogens with one attached hydrogen (secondary N) is 1. The van der Waals surface area contributed by atoms with Crippen molar-refractivity contribution >= 4 is 21.8 Å². The van der Waals surface area contributed by atoms with Gasteiger partial charge >= 0.3 is 0 Å². The van der Waals surface area contributed by atoms with E-state index in [0.717, 1.165) is 4.47 Å². The minimum atomic E-state index is -1.89. The van der Waals surface area contributed by atoms with Crippen LogP contribution in [0.4, 0.5) is 0 Å². The third-order valence-electron chi connectivity index (χ3n) is 5.47. The van der Waals surface area contributed by atoms with Gasteiger partial charge in [0.1, 0.15) is 6.10 Å². The van der Waals surface area contributed by atoms with Gasteiger partial charge in [0, 0.05) is 10.9 Å². The van der Waals surface area contributed by atoms with E-state index in [1.807, 2.05) is 19.1 Å². The van der Waals surface area contributed by atoms with Gasteiger partial charge in [-0.05, 0) is 17.7 Å². The fourth-order valence-corrected chi connectivity index (χ4v) is 4.25. The lowest BCUT2D eigenvalue weighted by Gasteiger charge is -2.48. The smallest absolute Gasteiger partial charge is 0.217 e. The Morgan fingerprint density at radius 3 is 2.24 bits per heavy atom. The summed E-state index contributed by atoms with van der Waals surface area (Å²) in [5, 5.41) is 38.2. The van der Waals surface area contributed by atoms with Crippen LogP contribution in [0.3, 0.4) is 0 Å². The number of halogens is 1. The van der Waals surface area contributed by atoms with Crippen molar-refractivity contribution in [1.29, 1.82) is 21.2 Å². The molecule has 2 aliphatic rings. The number of benzene rings is 1. The molecular weight excluding hydrogens is 384 g/mol. The van der Waals surface area contributed by atoms with Crippen molar-refractivity contribution in [3.63, 3.8) is 0 Å². The lowest BCUT2D eigenvalue weighted by molar-refractivity contribution is -0.280. The maximum Gasteiger partial charge on any atom is 0.217 e. The SMILES string of the molecule is CC[C@@]12OC(=N)[C@@](C#N)([C@@H]1C)C(C#N)(C#N)[C@@H](c1ccc(Br)cc1)O2. The summed E-state index contributed by atoms with van der Waals surface area (Å²) in [5.41, 5.74) is -2.99. The van der Waals surface area contributed by atoms with Crippen molar-refractivity contribution in [2.45, 2.75) is 32.2 Å². The average Bonchev–Trinajstić information content (AvgIpc) is 2.79. The Bertz CT molecular complexity index is 849. The molecule has 0 unspecified atom stereocenters. The van der Waals surface area contributed by atoms with E-state index in [0.29, 0.717) is 12.0 Å². The Labute approximate surface area is 154 Å². The summed E-state index contributed by atoms with van der Waals surface area (Å²) in [6, 6.07) is 13.2. The molecule has 2 aliphatic heterocycles. The van der Waals surface area contributed by atoms with Crippen LogP contribution in [0.5, 0.6) is 0 Å². The molecule has 3 rings (SSSR count). The van der Waals surface area contributed by atoms with Crippen LogP contribution >= 0.6 is 15.9 Å². The first-order chi connectivity index (χ1) is 11.9. The van der Waals surface area contributed by atoms with Crippen LogP contribution in [-0.2, 0) is 9.47 Å². The molecule has 7 heteroatoms. The van der Waals surface area contributed by atoms with E-state index >= 15 is 0 Å². The van der Waals surface area contributed by atoms with Crippen LogP contribution in [0.2, 0.25) is 0 Å².